The van der Waals surface area contributed by atoms with Gasteiger partial charge >= 0.3 is 0 Å². The van der Waals surface area contributed by atoms with Crippen LogP contribution in [0.3, 0.4) is 0 Å². The summed E-state index contributed by atoms with van der Waals surface area (Å²) in [5.41, 5.74) is 3.53. The molecule has 4 aromatic rings. The van der Waals surface area contributed by atoms with E-state index in [1.807, 2.05) is 79.1 Å². The molecule has 168 valence electrons. The summed E-state index contributed by atoms with van der Waals surface area (Å²) < 4.78 is 7.54. The SMILES string of the molecule is CCOc1ccc(-n2c(SCC(=O)Nc3ccccc3Cl)nnc2-c2ccccc2C)cc1. The van der Waals surface area contributed by atoms with Gasteiger partial charge < -0.3 is 10.1 Å². The van der Waals surface area contributed by atoms with E-state index in [-0.39, 0.29) is 11.7 Å². The Labute approximate surface area is 202 Å². The number of aromatic nitrogens is 3. The van der Waals surface area contributed by atoms with Gasteiger partial charge in [0, 0.05) is 11.3 Å². The molecule has 0 bridgehead atoms. The minimum atomic E-state index is -0.174. The van der Waals surface area contributed by atoms with Crippen molar-refractivity contribution in [2.75, 3.05) is 17.7 Å². The number of rotatable bonds is 8. The Morgan fingerprint density at radius 1 is 1.03 bits per heavy atom. The van der Waals surface area contributed by atoms with Crippen LogP contribution in [0, 0.1) is 6.92 Å². The van der Waals surface area contributed by atoms with E-state index >= 15 is 0 Å². The molecule has 0 fully saturated rings. The van der Waals surface area contributed by atoms with Gasteiger partial charge in [-0.15, -0.1) is 10.2 Å². The lowest BCUT2D eigenvalue weighted by Crippen LogP contribution is -2.14. The van der Waals surface area contributed by atoms with Crippen LogP contribution >= 0.6 is 23.4 Å². The molecule has 0 spiro atoms. The van der Waals surface area contributed by atoms with Gasteiger partial charge in [-0.1, -0.05) is 59.8 Å². The normalized spacial score (nSPS) is 10.8. The molecule has 0 atom stereocenters. The van der Waals surface area contributed by atoms with Gasteiger partial charge in [0.25, 0.3) is 0 Å². The summed E-state index contributed by atoms with van der Waals surface area (Å²) >= 11 is 7.47. The topological polar surface area (TPSA) is 69.0 Å². The second kappa shape index (κ2) is 10.6. The fourth-order valence-corrected chi connectivity index (χ4v) is 4.27. The minimum absolute atomic E-state index is 0.161. The van der Waals surface area contributed by atoms with Crippen LogP contribution in [0.1, 0.15) is 12.5 Å². The largest absolute Gasteiger partial charge is 0.494 e. The molecule has 0 unspecified atom stereocenters. The maximum Gasteiger partial charge on any atom is 0.234 e. The Kier molecular flexibility index (Phi) is 7.32. The Bertz CT molecular complexity index is 1260. The molecule has 33 heavy (non-hydrogen) atoms. The lowest BCUT2D eigenvalue weighted by molar-refractivity contribution is -0.113. The van der Waals surface area contributed by atoms with E-state index in [0.717, 1.165) is 22.6 Å². The molecule has 0 saturated heterocycles. The third kappa shape index (κ3) is 5.38. The van der Waals surface area contributed by atoms with Gasteiger partial charge in [-0.3, -0.25) is 9.36 Å². The molecule has 1 N–H and O–H groups in total. The summed E-state index contributed by atoms with van der Waals surface area (Å²) in [4.78, 5) is 12.6. The van der Waals surface area contributed by atoms with Crippen molar-refractivity contribution in [2.45, 2.75) is 19.0 Å². The highest BCUT2D eigenvalue weighted by Gasteiger charge is 2.19. The lowest BCUT2D eigenvalue weighted by atomic mass is 10.1. The van der Waals surface area contributed by atoms with Gasteiger partial charge in [0.15, 0.2) is 11.0 Å². The standard InChI is InChI=1S/C25H23ClN4O2S/c1-3-32-19-14-12-18(13-15-19)30-24(20-9-5-4-8-17(20)2)28-29-25(30)33-16-23(31)27-22-11-7-6-10-21(22)26/h4-15H,3,16H2,1-2H3,(H,27,31). The lowest BCUT2D eigenvalue weighted by Gasteiger charge is -2.13. The molecule has 0 aliphatic carbocycles. The van der Waals surface area contributed by atoms with Crippen LogP contribution in [-0.4, -0.2) is 33.0 Å². The van der Waals surface area contributed by atoms with E-state index in [1.165, 1.54) is 11.8 Å². The maximum atomic E-state index is 12.6. The Morgan fingerprint density at radius 2 is 1.76 bits per heavy atom. The third-order valence-corrected chi connectivity index (χ3v) is 6.16. The average molecular weight is 479 g/mol. The number of thioether (sulfide) groups is 1. The van der Waals surface area contributed by atoms with Gasteiger partial charge in [-0.05, 0) is 55.8 Å². The number of nitrogens with zero attached hydrogens (tertiary/aromatic N) is 3. The van der Waals surface area contributed by atoms with E-state index < -0.39 is 0 Å². The first kappa shape index (κ1) is 22.9. The first-order valence-electron chi connectivity index (χ1n) is 10.5. The highest BCUT2D eigenvalue weighted by atomic mass is 35.5. The molecule has 3 aromatic carbocycles. The smallest absolute Gasteiger partial charge is 0.234 e. The van der Waals surface area contributed by atoms with Crippen molar-refractivity contribution in [1.82, 2.24) is 14.8 Å². The molecule has 0 radical (unpaired) electrons. The predicted octanol–water partition coefficient (Wildman–Crippen LogP) is 6.03. The van der Waals surface area contributed by atoms with Gasteiger partial charge in [-0.2, -0.15) is 0 Å². The van der Waals surface area contributed by atoms with Crippen molar-refractivity contribution >= 4 is 35.0 Å². The van der Waals surface area contributed by atoms with Crippen LogP contribution in [0.25, 0.3) is 17.1 Å². The summed E-state index contributed by atoms with van der Waals surface area (Å²) in [5, 5.41) is 12.8. The number of carbonyl (C=O) groups excluding carboxylic acids is 1. The van der Waals surface area contributed by atoms with Crippen molar-refractivity contribution in [3.8, 4) is 22.8 Å². The first-order chi connectivity index (χ1) is 16.1. The van der Waals surface area contributed by atoms with E-state index in [0.29, 0.717) is 28.3 Å². The predicted molar refractivity (Wildman–Crippen MR) is 134 cm³/mol. The monoisotopic (exact) mass is 478 g/mol. The van der Waals surface area contributed by atoms with Crippen molar-refractivity contribution in [2.24, 2.45) is 0 Å². The first-order valence-corrected chi connectivity index (χ1v) is 11.8. The fourth-order valence-electron chi connectivity index (χ4n) is 3.33. The minimum Gasteiger partial charge on any atom is -0.494 e. The Hall–Kier alpha value is -3.29. The number of amides is 1. The number of anilines is 1. The zero-order valence-electron chi connectivity index (χ0n) is 18.3. The molecule has 0 aliphatic heterocycles. The molecular formula is C25H23ClN4O2S. The molecule has 4 rings (SSSR count). The Balaban J connectivity index is 1.63. The molecular weight excluding hydrogens is 456 g/mol. The van der Waals surface area contributed by atoms with Gasteiger partial charge in [0.1, 0.15) is 5.75 Å². The van der Waals surface area contributed by atoms with E-state index in [9.17, 15) is 4.79 Å². The molecule has 0 saturated carbocycles. The van der Waals surface area contributed by atoms with E-state index in [2.05, 4.69) is 15.5 Å². The molecule has 8 heteroatoms. The average Bonchev–Trinajstić information content (AvgIpc) is 3.24. The Morgan fingerprint density at radius 3 is 2.48 bits per heavy atom. The number of hydrogen-bond acceptors (Lipinski definition) is 5. The summed E-state index contributed by atoms with van der Waals surface area (Å²) in [6, 6.07) is 22.9. The van der Waals surface area contributed by atoms with Crippen LogP contribution in [0.2, 0.25) is 5.02 Å². The number of halogens is 1. The van der Waals surface area contributed by atoms with E-state index in [1.54, 1.807) is 12.1 Å². The number of aryl methyl sites for hydroxylation is 1. The summed E-state index contributed by atoms with van der Waals surface area (Å²) in [6.45, 7) is 4.59. The number of nitrogens with one attached hydrogen (secondary N) is 1. The third-order valence-electron chi connectivity index (χ3n) is 4.91. The summed E-state index contributed by atoms with van der Waals surface area (Å²) in [6.07, 6.45) is 0. The van der Waals surface area contributed by atoms with Gasteiger partial charge in [0.2, 0.25) is 5.91 Å². The van der Waals surface area contributed by atoms with Crippen LogP contribution in [0.4, 0.5) is 5.69 Å². The van der Waals surface area contributed by atoms with Crippen molar-refractivity contribution in [3.63, 3.8) is 0 Å². The van der Waals surface area contributed by atoms with Gasteiger partial charge in [0.05, 0.1) is 23.1 Å². The second-order valence-corrected chi connectivity index (χ2v) is 8.55. The van der Waals surface area contributed by atoms with Gasteiger partial charge in [-0.25, -0.2) is 0 Å². The van der Waals surface area contributed by atoms with Crippen LogP contribution < -0.4 is 10.1 Å². The van der Waals surface area contributed by atoms with E-state index in [4.69, 9.17) is 16.3 Å². The summed E-state index contributed by atoms with van der Waals surface area (Å²) in [7, 11) is 0. The maximum absolute atomic E-state index is 12.6. The molecule has 0 aliphatic rings. The zero-order chi connectivity index (χ0) is 23.2. The summed E-state index contributed by atoms with van der Waals surface area (Å²) in [5.74, 6) is 1.49. The quantitative estimate of drug-likeness (QED) is 0.313. The number of benzene rings is 3. The number of ether oxygens (including phenoxy) is 1. The zero-order valence-corrected chi connectivity index (χ0v) is 19.9. The molecule has 1 aromatic heterocycles. The highest BCUT2D eigenvalue weighted by molar-refractivity contribution is 7.99. The molecule has 1 amide bonds. The molecule has 1 heterocycles. The van der Waals surface area contributed by atoms with Crippen molar-refractivity contribution < 1.29 is 9.53 Å². The second-order valence-electron chi connectivity index (χ2n) is 7.20. The number of hydrogen-bond donors (Lipinski definition) is 1. The van der Waals surface area contributed by atoms with Crippen LogP contribution in [0.15, 0.2) is 78.0 Å². The molecule has 6 nitrogen and oxygen atoms in total. The van der Waals surface area contributed by atoms with Crippen LogP contribution in [0.5, 0.6) is 5.75 Å². The van der Waals surface area contributed by atoms with Crippen molar-refractivity contribution in [1.29, 1.82) is 0 Å². The van der Waals surface area contributed by atoms with Crippen LogP contribution in [-0.2, 0) is 4.79 Å². The highest BCUT2D eigenvalue weighted by Crippen LogP contribution is 2.30. The number of para-hydroxylation sites is 1. The number of carbonyl (C=O) groups is 1. The van der Waals surface area contributed by atoms with Crippen molar-refractivity contribution in [3.05, 3.63) is 83.4 Å². The fraction of sp³-hybridized carbons (Fsp3) is 0.160.